The highest BCUT2D eigenvalue weighted by atomic mass is 32.2. The number of nitrogens with one attached hydrogen (secondary N) is 1. The first-order valence-electron chi connectivity index (χ1n) is 8.72. The lowest BCUT2D eigenvalue weighted by molar-refractivity contribution is -0.105. The zero-order valence-corrected chi connectivity index (χ0v) is 15.9. The van der Waals surface area contributed by atoms with Crippen molar-refractivity contribution in [2.75, 3.05) is 5.32 Å². The number of hydrogen-bond donors (Lipinski definition) is 1. The standard InChI is InChI=1S/C13H12N2O2S.C8H9N/c1-10-2-5-13(8-14-10)18(17)12-6-3-11(4-7-12)15-9-16;1-2-8(6-9-5-1)7-3-4-7/h2-9H,1H3,(H,15,16);1-2,5-7H,3-4H2. The minimum absolute atomic E-state index is 0.607. The zero-order valence-electron chi connectivity index (χ0n) is 15.0. The number of aryl methyl sites for hydroxylation is 1. The summed E-state index contributed by atoms with van der Waals surface area (Å²) in [6, 6.07) is 14.7. The Kier molecular flexibility index (Phi) is 6.44. The van der Waals surface area contributed by atoms with Gasteiger partial charge < -0.3 is 5.32 Å². The second-order valence-electron chi connectivity index (χ2n) is 6.25. The number of anilines is 1. The largest absolute Gasteiger partial charge is 0.329 e. The third-order valence-corrected chi connectivity index (χ3v) is 5.50. The van der Waals surface area contributed by atoms with Gasteiger partial charge in [0.1, 0.15) is 0 Å². The molecule has 3 aromatic rings. The fraction of sp³-hybridized carbons (Fsp3) is 0.190. The predicted octanol–water partition coefficient (Wildman–Crippen LogP) is 4.08. The predicted molar refractivity (Wildman–Crippen MR) is 106 cm³/mol. The van der Waals surface area contributed by atoms with Gasteiger partial charge in [-0.05, 0) is 73.7 Å². The molecule has 0 bridgehead atoms. The number of pyridine rings is 2. The smallest absolute Gasteiger partial charge is 0.211 e. The lowest BCUT2D eigenvalue weighted by Gasteiger charge is -2.04. The molecule has 1 atom stereocenters. The van der Waals surface area contributed by atoms with Crippen molar-refractivity contribution in [2.45, 2.75) is 35.5 Å². The average molecular weight is 379 g/mol. The van der Waals surface area contributed by atoms with Crippen LogP contribution in [-0.2, 0) is 15.6 Å². The quantitative estimate of drug-likeness (QED) is 0.678. The van der Waals surface area contributed by atoms with E-state index in [1.807, 2.05) is 31.5 Å². The van der Waals surface area contributed by atoms with Crippen molar-refractivity contribution >= 4 is 22.9 Å². The fourth-order valence-electron chi connectivity index (χ4n) is 2.48. The summed E-state index contributed by atoms with van der Waals surface area (Å²) in [5.41, 5.74) is 2.98. The average Bonchev–Trinajstić information content (AvgIpc) is 3.56. The second-order valence-corrected chi connectivity index (χ2v) is 7.73. The molecular weight excluding hydrogens is 358 g/mol. The SMILES string of the molecule is Cc1ccc(S(=O)c2ccc(NC=O)cc2)cn1.c1cncc(C2CC2)c1. The van der Waals surface area contributed by atoms with Gasteiger partial charge in [0.05, 0.1) is 15.7 Å². The van der Waals surface area contributed by atoms with E-state index < -0.39 is 10.8 Å². The monoisotopic (exact) mass is 379 g/mol. The normalized spacial score (nSPS) is 13.8. The number of benzene rings is 1. The van der Waals surface area contributed by atoms with Crippen molar-refractivity contribution in [1.29, 1.82) is 0 Å². The number of rotatable bonds is 5. The Morgan fingerprint density at radius 1 is 1.04 bits per heavy atom. The summed E-state index contributed by atoms with van der Waals surface area (Å²) in [6.45, 7) is 1.88. The van der Waals surface area contributed by atoms with E-state index in [2.05, 4.69) is 21.4 Å². The first-order chi connectivity index (χ1) is 13.2. The lowest BCUT2D eigenvalue weighted by Crippen LogP contribution is -1.96. The highest BCUT2D eigenvalue weighted by Gasteiger charge is 2.22. The highest BCUT2D eigenvalue weighted by molar-refractivity contribution is 7.85. The van der Waals surface area contributed by atoms with Crippen molar-refractivity contribution in [1.82, 2.24) is 9.97 Å². The Hall–Kier alpha value is -2.86. The van der Waals surface area contributed by atoms with Crippen LogP contribution in [-0.4, -0.2) is 20.6 Å². The number of amides is 1. The summed E-state index contributed by atoms with van der Waals surface area (Å²) < 4.78 is 12.2. The van der Waals surface area contributed by atoms with Gasteiger partial charge in [-0.3, -0.25) is 14.8 Å². The molecule has 1 N–H and O–H groups in total. The van der Waals surface area contributed by atoms with Crippen LogP contribution in [0.5, 0.6) is 0 Å². The van der Waals surface area contributed by atoms with Crippen molar-refractivity contribution in [2.24, 2.45) is 0 Å². The van der Waals surface area contributed by atoms with E-state index in [4.69, 9.17) is 0 Å². The first-order valence-corrected chi connectivity index (χ1v) is 9.87. The van der Waals surface area contributed by atoms with Crippen LogP contribution in [0.25, 0.3) is 0 Å². The minimum Gasteiger partial charge on any atom is -0.329 e. The molecule has 1 unspecified atom stereocenters. The molecule has 4 rings (SSSR count). The van der Waals surface area contributed by atoms with Crippen molar-refractivity contribution in [3.63, 3.8) is 0 Å². The fourth-order valence-corrected chi connectivity index (χ4v) is 3.47. The van der Waals surface area contributed by atoms with Crippen LogP contribution in [0.2, 0.25) is 0 Å². The minimum atomic E-state index is -1.25. The number of carbonyl (C=O) groups excluding carboxylic acids is 1. The number of nitrogens with zero attached hydrogens (tertiary/aromatic N) is 2. The van der Waals surface area contributed by atoms with Crippen molar-refractivity contribution in [3.05, 3.63) is 78.4 Å². The maximum absolute atomic E-state index is 12.2. The molecule has 0 spiro atoms. The molecule has 138 valence electrons. The van der Waals surface area contributed by atoms with Crippen LogP contribution >= 0.6 is 0 Å². The summed E-state index contributed by atoms with van der Waals surface area (Å²) in [4.78, 5) is 19.8. The van der Waals surface area contributed by atoms with Gasteiger partial charge in [-0.15, -0.1) is 0 Å². The molecule has 0 saturated heterocycles. The summed E-state index contributed by atoms with van der Waals surface area (Å²) in [5, 5.41) is 2.53. The molecule has 1 aromatic carbocycles. The lowest BCUT2D eigenvalue weighted by atomic mass is 10.2. The van der Waals surface area contributed by atoms with E-state index in [1.54, 1.807) is 36.5 Å². The third kappa shape index (κ3) is 5.56. The van der Waals surface area contributed by atoms with Gasteiger partial charge in [-0.25, -0.2) is 4.21 Å². The van der Waals surface area contributed by atoms with Crippen LogP contribution < -0.4 is 5.32 Å². The van der Waals surface area contributed by atoms with Crippen LogP contribution in [0, 0.1) is 6.92 Å². The van der Waals surface area contributed by atoms with E-state index in [1.165, 1.54) is 18.4 Å². The molecule has 1 amide bonds. The van der Waals surface area contributed by atoms with Gasteiger partial charge in [0, 0.05) is 34.9 Å². The molecule has 6 heteroatoms. The van der Waals surface area contributed by atoms with Crippen molar-refractivity contribution in [3.8, 4) is 0 Å². The van der Waals surface area contributed by atoms with Crippen LogP contribution in [0.15, 0.2) is 76.9 Å². The first kappa shape index (κ1) is 18.9. The number of carbonyl (C=O) groups is 1. The third-order valence-electron chi connectivity index (χ3n) is 4.13. The Morgan fingerprint density at radius 2 is 1.78 bits per heavy atom. The summed E-state index contributed by atoms with van der Waals surface area (Å²) in [7, 11) is -1.25. The van der Waals surface area contributed by atoms with E-state index in [9.17, 15) is 9.00 Å². The second kappa shape index (κ2) is 9.19. The molecule has 27 heavy (non-hydrogen) atoms. The van der Waals surface area contributed by atoms with E-state index in [0.29, 0.717) is 21.9 Å². The van der Waals surface area contributed by atoms with Gasteiger partial charge in [0.2, 0.25) is 6.41 Å². The molecule has 2 heterocycles. The maximum Gasteiger partial charge on any atom is 0.211 e. The maximum atomic E-state index is 12.2. The van der Waals surface area contributed by atoms with Gasteiger partial charge in [-0.1, -0.05) is 6.07 Å². The van der Waals surface area contributed by atoms with Crippen molar-refractivity contribution < 1.29 is 9.00 Å². The molecule has 2 aromatic heterocycles. The molecule has 0 aliphatic heterocycles. The molecule has 1 aliphatic rings. The molecular formula is C21H21N3O2S. The molecule has 1 fully saturated rings. The van der Waals surface area contributed by atoms with E-state index >= 15 is 0 Å². The van der Waals surface area contributed by atoms with Crippen LogP contribution in [0.3, 0.4) is 0 Å². The Bertz CT molecular complexity index is 893. The Labute approximate surface area is 161 Å². The van der Waals surface area contributed by atoms with Gasteiger partial charge in [0.15, 0.2) is 0 Å². The Morgan fingerprint density at radius 3 is 2.33 bits per heavy atom. The number of aromatic nitrogens is 2. The summed E-state index contributed by atoms with van der Waals surface area (Å²) in [5.74, 6) is 0.846. The van der Waals surface area contributed by atoms with Crippen LogP contribution in [0.1, 0.15) is 30.0 Å². The van der Waals surface area contributed by atoms with Crippen LogP contribution in [0.4, 0.5) is 5.69 Å². The number of hydrogen-bond acceptors (Lipinski definition) is 4. The summed E-state index contributed by atoms with van der Waals surface area (Å²) >= 11 is 0. The molecule has 5 nitrogen and oxygen atoms in total. The summed E-state index contributed by atoms with van der Waals surface area (Å²) in [6.07, 6.45) is 8.75. The molecule has 0 radical (unpaired) electrons. The van der Waals surface area contributed by atoms with Gasteiger partial charge in [-0.2, -0.15) is 0 Å². The van der Waals surface area contributed by atoms with Gasteiger partial charge >= 0.3 is 0 Å². The Balaban J connectivity index is 0.000000193. The highest BCUT2D eigenvalue weighted by Crippen LogP contribution is 2.39. The van der Waals surface area contributed by atoms with E-state index in [-0.39, 0.29) is 0 Å². The van der Waals surface area contributed by atoms with E-state index in [0.717, 1.165) is 11.6 Å². The molecule has 1 aliphatic carbocycles. The van der Waals surface area contributed by atoms with Gasteiger partial charge in [0.25, 0.3) is 0 Å². The topological polar surface area (TPSA) is 72.0 Å². The zero-order chi connectivity index (χ0) is 19.1. The molecule has 1 saturated carbocycles.